The van der Waals surface area contributed by atoms with Crippen molar-refractivity contribution in [3.63, 3.8) is 0 Å². The van der Waals surface area contributed by atoms with Gasteiger partial charge in [0.15, 0.2) is 11.5 Å². The van der Waals surface area contributed by atoms with E-state index in [1.807, 2.05) is 45.0 Å². The maximum Gasteiger partial charge on any atom is 0.271 e. The number of amides is 1. The lowest BCUT2D eigenvalue weighted by Gasteiger charge is -2.17. The van der Waals surface area contributed by atoms with Crippen molar-refractivity contribution in [2.45, 2.75) is 26.4 Å². The Kier molecular flexibility index (Phi) is 7.70. The fraction of sp³-hybridized carbons (Fsp3) is 0.333. The minimum Gasteiger partial charge on any atom is -0.493 e. The molecule has 0 unspecified atom stereocenters. The molecule has 2 aromatic carbocycles. The maximum atomic E-state index is 12.3. The number of nitrogens with one attached hydrogen (secondary N) is 1. The zero-order valence-corrected chi connectivity index (χ0v) is 17.6. The summed E-state index contributed by atoms with van der Waals surface area (Å²) in [7, 11) is 5.39. The molecule has 0 fully saturated rings. The molecule has 0 spiro atoms. The molecule has 0 aliphatic carbocycles. The van der Waals surface area contributed by atoms with Crippen LogP contribution in [0.25, 0.3) is 0 Å². The van der Waals surface area contributed by atoms with Crippen molar-refractivity contribution < 1.29 is 14.3 Å². The van der Waals surface area contributed by atoms with Crippen LogP contribution < -0.4 is 19.8 Å². The highest BCUT2D eigenvalue weighted by molar-refractivity contribution is 6.32. The number of benzene rings is 2. The topological polar surface area (TPSA) is 63.2 Å². The van der Waals surface area contributed by atoms with Gasteiger partial charge in [0.25, 0.3) is 5.91 Å². The van der Waals surface area contributed by atoms with E-state index < -0.39 is 0 Å². The van der Waals surface area contributed by atoms with Crippen LogP contribution in [0, 0.1) is 0 Å². The van der Waals surface area contributed by atoms with Gasteiger partial charge in [-0.2, -0.15) is 5.10 Å². The summed E-state index contributed by atoms with van der Waals surface area (Å²) >= 11 is 6.34. The van der Waals surface area contributed by atoms with E-state index in [4.69, 9.17) is 21.1 Å². The van der Waals surface area contributed by atoms with Gasteiger partial charge in [-0.15, -0.1) is 0 Å². The largest absolute Gasteiger partial charge is 0.493 e. The number of anilines is 1. The van der Waals surface area contributed by atoms with Crippen molar-refractivity contribution in [2.24, 2.45) is 5.10 Å². The van der Waals surface area contributed by atoms with Crippen LogP contribution in [-0.2, 0) is 0 Å². The Labute approximate surface area is 171 Å². The highest BCUT2D eigenvalue weighted by atomic mass is 35.5. The number of methoxy groups -OCH3 is 1. The molecule has 2 rings (SSSR count). The molecule has 2 aromatic rings. The third-order valence-electron chi connectivity index (χ3n) is 4.15. The molecule has 0 saturated heterocycles. The average Bonchev–Trinajstić information content (AvgIpc) is 2.69. The second kappa shape index (κ2) is 9.99. The van der Waals surface area contributed by atoms with Crippen molar-refractivity contribution >= 4 is 29.4 Å². The fourth-order valence-corrected chi connectivity index (χ4v) is 2.63. The van der Waals surface area contributed by atoms with Gasteiger partial charge < -0.3 is 14.4 Å². The van der Waals surface area contributed by atoms with Crippen LogP contribution in [-0.4, -0.2) is 39.4 Å². The molecule has 150 valence electrons. The highest BCUT2D eigenvalue weighted by Crippen LogP contribution is 2.37. The molecule has 0 bridgehead atoms. The molecule has 0 radical (unpaired) electrons. The molecule has 6 nitrogen and oxygen atoms in total. The summed E-state index contributed by atoms with van der Waals surface area (Å²) in [4.78, 5) is 14.2. The van der Waals surface area contributed by atoms with E-state index in [0.717, 1.165) is 12.1 Å². The van der Waals surface area contributed by atoms with E-state index >= 15 is 0 Å². The van der Waals surface area contributed by atoms with Gasteiger partial charge in [-0.3, -0.25) is 4.79 Å². The standard InChI is InChI=1S/C21H26ClN3O3/c1-6-14(2)28-20-18(22)10-15(11-19(20)27-5)13-23-24-21(26)16-8-7-9-17(12-16)25(3)4/h7-14H,6H2,1-5H3,(H,24,26)/b23-13-/t14-/m1/s1. The monoisotopic (exact) mass is 403 g/mol. The van der Waals surface area contributed by atoms with Gasteiger partial charge in [-0.1, -0.05) is 24.6 Å². The Morgan fingerprint density at radius 3 is 2.71 bits per heavy atom. The zero-order chi connectivity index (χ0) is 20.7. The van der Waals surface area contributed by atoms with E-state index in [0.29, 0.717) is 27.6 Å². The molecule has 0 aliphatic rings. The molecule has 7 heteroatoms. The van der Waals surface area contributed by atoms with Gasteiger partial charge in [0, 0.05) is 25.3 Å². The average molecular weight is 404 g/mol. The first-order valence-corrected chi connectivity index (χ1v) is 9.38. The van der Waals surface area contributed by atoms with Crippen LogP contribution in [0.2, 0.25) is 5.02 Å². The molecule has 0 aliphatic heterocycles. The number of carbonyl (C=O) groups excluding carboxylic acids is 1. The van der Waals surface area contributed by atoms with E-state index in [2.05, 4.69) is 10.5 Å². The van der Waals surface area contributed by atoms with Crippen LogP contribution in [0.1, 0.15) is 36.2 Å². The Hall–Kier alpha value is -2.73. The van der Waals surface area contributed by atoms with Gasteiger partial charge in [0.2, 0.25) is 0 Å². The third kappa shape index (κ3) is 5.63. The maximum absolute atomic E-state index is 12.3. The molecule has 1 N–H and O–H groups in total. The van der Waals surface area contributed by atoms with Crippen molar-refractivity contribution in [3.8, 4) is 11.5 Å². The quantitative estimate of drug-likeness (QED) is 0.525. The van der Waals surface area contributed by atoms with Crippen LogP contribution in [0.5, 0.6) is 11.5 Å². The summed E-state index contributed by atoms with van der Waals surface area (Å²) in [6.07, 6.45) is 2.38. The lowest BCUT2D eigenvalue weighted by Crippen LogP contribution is -2.18. The van der Waals surface area contributed by atoms with Crippen LogP contribution in [0.15, 0.2) is 41.5 Å². The summed E-state index contributed by atoms with van der Waals surface area (Å²) in [6.45, 7) is 3.99. The molecular formula is C21H26ClN3O3. The number of hydrogen-bond donors (Lipinski definition) is 1. The number of halogens is 1. The van der Waals surface area contributed by atoms with Gasteiger partial charge in [0.05, 0.1) is 24.5 Å². The van der Waals surface area contributed by atoms with Crippen LogP contribution in [0.4, 0.5) is 5.69 Å². The Morgan fingerprint density at radius 2 is 2.07 bits per heavy atom. The van der Waals surface area contributed by atoms with Gasteiger partial charge in [-0.25, -0.2) is 5.43 Å². The Bertz CT molecular complexity index is 853. The van der Waals surface area contributed by atoms with E-state index in [1.54, 1.807) is 31.4 Å². The minimum atomic E-state index is -0.297. The number of rotatable bonds is 8. The van der Waals surface area contributed by atoms with Gasteiger partial charge >= 0.3 is 0 Å². The van der Waals surface area contributed by atoms with E-state index in [9.17, 15) is 4.79 Å². The van der Waals surface area contributed by atoms with E-state index in [1.165, 1.54) is 6.21 Å². The molecule has 28 heavy (non-hydrogen) atoms. The second-order valence-corrected chi connectivity index (χ2v) is 6.92. The molecular weight excluding hydrogens is 378 g/mol. The number of hydrazone groups is 1. The first-order valence-electron chi connectivity index (χ1n) is 9.00. The molecule has 0 aromatic heterocycles. The van der Waals surface area contributed by atoms with Crippen LogP contribution >= 0.6 is 11.6 Å². The van der Waals surface area contributed by atoms with Crippen molar-refractivity contribution in [2.75, 3.05) is 26.1 Å². The summed E-state index contributed by atoms with van der Waals surface area (Å²) in [5.41, 5.74) is 4.66. The predicted molar refractivity (Wildman–Crippen MR) is 114 cm³/mol. The fourth-order valence-electron chi connectivity index (χ4n) is 2.37. The number of nitrogens with zero attached hydrogens (tertiary/aromatic N) is 2. The van der Waals surface area contributed by atoms with Crippen molar-refractivity contribution in [1.29, 1.82) is 0 Å². The summed E-state index contributed by atoms with van der Waals surface area (Å²) < 4.78 is 11.2. The third-order valence-corrected chi connectivity index (χ3v) is 4.43. The summed E-state index contributed by atoms with van der Waals surface area (Å²) in [5.74, 6) is 0.717. The smallest absolute Gasteiger partial charge is 0.271 e. The number of ether oxygens (including phenoxy) is 2. The van der Waals surface area contributed by atoms with Crippen molar-refractivity contribution in [1.82, 2.24) is 5.43 Å². The van der Waals surface area contributed by atoms with Crippen LogP contribution in [0.3, 0.4) is 0 Å². The minimum absolute atomic E-state index is 0.0168. The second-order valence-electron chi connectivity index (χ2n) is 6.51. The van der Waals surface area contributed by atoms with Gasteiger partial charge in [-0.05, 0) is 49.2 Å². The Balaban J connectivity index is 2.12. The van der Waals surface area contributed by atoms with Gasteiger partial charge in [0.1, 0.15) is 0 Å². The summed E-state index contributed by atoms with van der Waals surface area (Å²) in [6, 6.07) is 10.8. The summed E-state index contributed by atoms with van der Waals surface area (Å²) in [5, 5.41) is 4.44. The van der Waals surface area contributed by atoms with Crippen molar-refractivity contribution in [3.05, 3.63) is 52.5 Å². The molecule has 0 saturated carbocycles. The lowest BCUT2D eigenvalue weighted by atomic mass is 10.2. The molecule has 1 amide bonds. The first-order chi connectivity index (χ1) is 13.3. The lowest BCUT2D eigenvalue weighted by molar-refractivity contribution is 0.0955. The van der Waals surface area contributed by atoms with E-state index in [-0.39, 0.29) is 12.0 Å². The SMILES string of the molecule is CC[C@@H](C)Oc1c(Cl)cc(/C=N\NC(=O)c2cccc(N(C)C)c2)cc1OC. The highest BCUT2D eigenvalue weighted by Gasteiger charge is 2.14. The molecule has 0 heterocycles. The normalized spacial score (nSPS) is 11.9. The predicted octanol–water partition coefficient (Wildman–Crippen LogP) is 4.36. The first kappa shape index (κ1) is 21.6. The number of carbonyl (C=O) groups is 1. The number of hydrogen-bond acceptors (Lipinski definition) is 5. The molecule has 1 atom stereocenters. The zero-order valence-electron chi connectivity index (χ0n) is 16.8. The Morgan fingerprint density at radius 1 is 1.32 bits per heavy atom.